The normalized spacial score (nSPS) is 13.4. The molecule has 16 heavy (non-hydrogen) atoms. The summed E-state index contributed by atoms with van der Waals surface area (Å²) in [4.78, 5) is 11.4. The highest BCUT2D eigenvalue weighted by atomic mass is 32.2. The van der Waals surface area contributed by atoms with Gasteiger partial charge in [0.25, 0.3) is 5.91 Å². The maximum Gasteiger partial charge on any atom is 0.262 e. The van der Waals surface area contributed by atoms with Gasteiger partial charge in [-0.3, -0.25) is 9.52 Å². The fraction of sp³-hybridized carbons (Fsp3) is 0.900. The lowest BCUT2D eigenvalue weighted by atomic mass is 10.1. The van der Waals surface area contributed by atoms with E-state index in [9.17, 15) is 13.2 Å². The summed E-state index contributed by atoms with van der Waals surface area (Å²) in [6.45, 7) is 2.10. The lowest BCUT2D eigenvalue weighted by molar-refractivity contribution is -0.129. The zero-order chi connectivity index (χ0) is 12.6. The van der Waals surface area contributed by atoms with Gasteiger partial charge in [-0.25, -0.2) is 8.42 Å². The van der Waals surface area contributed by atoms with Crippen molar-refractivity contribution >= 4 is 15.9 Å². The number of methoxy groups -OCH3 is 1. The van der Waals surface area contributed by atoms with Crippen LogP contribution in [-0.4, -0.2) is 33.8 Å². The molecule has 0 fully saturated rings. The van der Waals surface area contributed by atoms with Crippen LogP contribution < -0.4 is 4.72 Å². The van der Waals surface area contributed by atoms with Gasteiger partial charge in [0.1, 0.15) is 6.10 Å². The van der Waals surface area contributed by atoms with Crippen molar-refractivity contribution in [1.82, 2.24) is 4.72 Å². The summed E-state index contributed by atoms with van der Waals surface area (Å²) in [7, 11) is -2.08. The van der Waals surface area contributed by atoms with Gasteiger partial charge in [-0.15, -0.1) is 0 Å². The predicted octanol–water partition coefficient (Wildman–Crippen LogP) is 1.05. The second-order valence-corrected chi connectivity index (χ2v) is 5.56. The van der Waals surface area contributed by atoms with E-state index >= 15 is 0 Å². The van der Waals surface area contributed by atoms with Gasteiger partial charge in [0.05, 0.1) is 6.26 Å². The van der Waals surface area contributed by atoms with Gasteiger partial charge in [0.2, 0.25) is 10.0 Å². The molecule has 1 unspecified atom stereocenters. The smallest absolute Gasteiger partial charge is 0.262 e. The van der Waals surface area contributed by atoms with Gasteiger partial charge in [0, 0.05) is 7.11 Å². The maximum atomic E-state index is 11.4. The Kier molecular flexibility index (Phi) is 7.33. The van der Waals surface area contributed by atoms with Crippen molar-refractivity contribution in [3.8, 4) is 0 Å². The molecule has 0 aliphatic heterocycles. The molecule has 0 spiro atoms. The molecule has 0 aromatic carbocycles. The first-order chi connectivity index (χ1) is 7.40. The molecule has 0 radical (unpaired) electrons. The van der Waals surface area contributed by atoms with Crippen LogP contribution >= 0.6 is 0 Å². The van der Waals surface area contributed by atoms with E-state index in [1.165, 1.54) is 7.11 Å². The highest BCUT2D eigenvalue weighted by molar-refractivity contribution is 7.89. The number of ether oxygens (including phenoxy) is 1. The average molecular weight is 251 g/mol. The van der Waals surface area contributed by atoms with E-state index in [1.807, 2.05) is 4.72 Å². The Hall–Kier alpha value is -0.620. The van der Waals surface area contributed by atoms with E-state index in [-0.39, 0.29) is 0 Å². The quantitative estimate of drug-likeness (QED) is 0.654. The van der Waals surface area contributed by atoms with Crippen LogP contribution in [0.3, 0.4) is 0 Å². The Bertz CT molecular complexity index is 300. The first kappa shape index (κ1) is 15.4. The molecule has 0 saturated heterocycles. The first-order valence-corrected chi connectivity index (χ1v) is 7.34. The van der Waals surface area contributed by atoms with E-state index in [4.69, 9.17) is 4.74 Å². The molecule has 0 aromatic heterocycles. The van der Waals surface area contributed by atoms with Gasteiger partial charge in [-0.2, -0.15) is 0 Å². The Balaban J connectivity index is 4.02. The van der Waals surface area contributed by atoms with Crippen LogP contribution in [0, 0.1) is 0 Å². The summed E-state index contributed by atoms with van der Waals surface area (Å²) in [6.07, 6.45) is 4.96. The highest BCUT2D eigenvalue weighted by Crippen LogP contribution is 2.08. The fourth-order valence-corrected chi connectivity index (χ4v) is 1.86. The van der Waals surface area contributed by atoms with Crippen molar-refractivity contribution in [2.45, 2.75) is 45.1 Å². The molecule has 6 heteroatoms. The number of rotatable bonds is 8. The Morgan fingerprint density at radius 1 is 1.31 bits per heavy atom. The summed E-state index contributed by atoms with van der Waals surface area (Å²) >= 11 is 0. The highest BCUT2D eigenvalue weighted by Gasteiger charge is 2.20. The standard InChI is InChI=1S/C10H21NO4S/c1-4-5-6-7-8-9(15-2)10(12)11-16(3,13)14/h9H,4-8H2,1-3H3,(H,11,12). The summed E-state index contributed by atoms with van der Waals surface area (Å²) in [5.74, 6) is -0.582. The number of amides is 1. The number of sulfonamides is 1. The second kappa shape index (κ2) is 7.62. The van der Waals surface area contributed by atoms with Crippen molar-refractivity contribution < 1.29 is 17.9 Å². The second-order valence-electron chi connectivity index (χ2n) is 3.81. The zero-order valence-corrected chi connectivity index (χ0v) is 11.0. The minimum atomic E-state index is -3.49. The zero-order valence-electron chi connectivity index (χ0n) is 10.2. The minimum absolute atomic E-state index is 0.553. The van der Waals surface area contributed by atoms with Gasteiger partial charge in [-0.1, -0.05) is 32.6 Å². The van der Waals surface area contributed by atoms with Crippen molar-refractivity contribution in [1.29, 1.82) is 0 Å². The molecule has 1 atom stereocenters. The third-order valence-electron chi connectivity index (χ3n) is 2.18. The molecular formula is C10H21NO4S. The fourth-order valence-electron chi connectivity index (χ4n) is 1.36. The van der Waals surface area contributed by atoms with E-state index in [0.717, 1.165) is 31.9 Å². The largest absolute Gasteiger partial charge is 0.372 e. The van der Waals surface area contributed by atoms with Crippen LogP contribution in [-0.2, 0) is 19.6 Å². The van der Waals surface area contributed by atoms with Crippen molar-refractivity contribution in [3.63, 3.8) is 0 Å². The lowest BCUT2D eigenvalue weighted by Gasteiger charge is -2.13. The average Bonchev–Trinajstić information content (AvgIpc) is 2.15. The lowest BCUT2D eigenvalue weighted by Crippen LogP contribution is -2.39. The van der Waals surface area contributed by atoms with Crippen LogP contribution in [0.1, 0.15) is 39.0 Å². The third-order valence-corrected chi connectivity index (χ3v) is 2.75. The van der Waals surface area contributed by atoms with Crippen LogP contribution in [0.5, 0.6) is 0 Å². The SMILES string of the molecule is CCCCCCC(OC)C(=O)NS(C)(=O)=O. The van der Waals surface area contributed by atoms with Crippen LogP contribution in [0.4, 0.5) is 0 Å². The van der Waals surface area contributed by atoms with Crippen molar-refractivity contribution in [2.24, 2.45) is 0 Å². The van der Waals surface area contributed by atoms with Crippen LogP contribution in [0.2, 0.25) is 0 Å². The molecule has 0 saturated carbocycles. The summed E-state index contributed by atoms with van der Waals surface area (Å²) in [6, 6.07) is 0. The van der Waals surface area contributed by atoms with Crippen LogP contribution in [0.25, 0.3) is 0 Å². The summed E-state index contributed by atoms with van der Waals surface area (Å²) < 4.78 is 28.6. The Morgan fingerprint density at radius 2 is 1.94 bits per heavy atom. The molecule has 96 valence electrons. The molecule has 1 amide bonds. The monoisotopic (exact) mass is 251 g/mol. The van der Waals surface area contributed by atoms with Gasteiger partial charge < -0.3 is 4.74 Å². The van der Waals surface area contributed by atoms with Crippen LogP contribution in [0.15, 0.2) is 0 Å². The van der Waals surface area contributed by atoms with Crippen molar-refractivity contribution in [2.75, 3.05) is 13.4 Å². The Morgan fingerprint density at radius 3 is 2.38 bits per heavy atom. The molecule has 0 aliphatic carbocycles. The molecule has 0 rings (SSSR count). The minimum Gasteiger partial charge on any atom is -0.372 e. The molecule has 5 nitrogen and oxygen atoms in total. The first-order valence-electron chi connectivity index (χ1n) is 5.45. The van der Waals surface area contributed by atoms with E-state index < -0.39 is 22.0 Å². The molecular weight excluding hydrogens is 230 g/mol. The summed E-state index contributed by atoms with van der Waals surface area (Å²) in [5.41, 5.74) is 0. The van der Waals surface area contributed by atoms with E-state index in [2.05, 4.69) is 6.92 Å². The molecule has 0 heterocycles. The number of hydrogen-bond acceptors (Lipinski definition) is 4. The Labute approximate surface area is 97.6 Å². The number of hydrogen-bond donors (Lipinski definition) is 1. The molecule has 0 bridgehead atoms. The molecule has 0 aromatic rings. The van der Waals surface area contributed by atoms with Gasteiger partial charge in [-0.05, 0) is 6.42 Å². The predicted molar refractivity (Wildman–Crippen MR) is 62.5 cm³/mol. The number of nitrogens with one attached hydrogen (secondary N) is 1. The van der Waals surface area contributed by atoms with Gasteiger partial charge >= 0.3 is 0 Å². The topological polar surface area (TPSA) is 72.5 Å². The number of carbonyl (C=O) groups is 1. The van der Waals surface area contributed by atoms with E-state index in [1.54, 1.807) is 0 Å². The maximum absolute atomic E-state index is 11.4. The van der Waals surface area contributed by atoms with Crippen molar-refractivity contribution in [3.05, 3.63) is 0 Å². The summed E-state index contributed by atoms with van der Waals surface area (Å²) in [5, 5.41) is 0. The number of carbonyl (C=O) groups excluding carboxylic acids is 1. The van der Waals surface area contributed by atoms with E-state index in [0.29, 0.717) is 6.42 Å². The molecule has 0 aliphatic rings. The third kappa shape index (κ3) is 7.64. The number of unbranched alkanes of at least 4 members (excludes halogenated alkanes) is 3. The molecule has 1 N–H and O–H groups in total. The van der Waals surface area contributed by atoms with Gasteiger partial charge in [0.15, 0.2) is 0 Å².